The van der Waals surface area contributed by atoms with Gasteiger partial charge in [0.2, 0.25) is 0 Å². The predicted molar refractivity (Wildman–Crippen MR) is 232 cm³/mol. The lowest BCUT2D eigenvalue weighted by molar-refractivity contribution is 0.540. The maximum Gasteiger partial charge on any atom is 0.0870 e. The molecular weight excluding hydrogens is 681 g/mol. The zero-order valence-electron chi connectivity index (χ0n) is 30.8. The molecule has 0 aliphatic heterocycles. The van der Waals surface area contributed by atoms with Crippen LogP contribution in [0.5, 0.6) is 0 Å². The number of benzene rings is 7. The van der Waals surface area contributed by atoms with Crippen molar-refractivity contribution < 1.29 is 10.2 Å². The average molecular weight is 721 g/mol. The van der Waals surface area contributed by atoms with Gasteiger partial charge in [0.05, 0.1) is 17.9 Å². The van der Waals surface area contributed by atoms with Crippen LogP contribution in [0.1, 0.15) is 44.9 Å². The second kappa shape index (κ2) is 14.9. The Balaban J connectivity index is 1.26. The van der Waals surface area contributed by atoms with E-state index in [1.165, 1.54) is 40.0 Å². The number of aliphatic hydroxyl groups is 2. The van der Waals surface area contributed by atoms with Crippen LogP contribution in [0.2, 0.25) is 0 Å². The first-order chi connectivity index (χ1) is 27.7. The van der Waals surface area contributed by atoms with E-state index in [1.807, 2.05) is 36.4 Å². The number of rotatable bonds is 6. The Morgan fingerprint density at radius 3 is 1.64 bits per heavy atom. The highest BCUT2D eigenvalue weighted by molar-refractivity contribution is 5.88. The second-order valence-corrected chi connectivity index (χ2v) is 14.3. The summed E-state index contributed by atoms with van der Waals surface area (Å²) in [6.07, 6.45) is 2.42. The van der Waals surface area contributed by atoms with Crippen LogP contribution in [0.25, 0.3) is 45.6 Å². The predicted octanol–water partition coefficient (Wildman–Crippen LogP) is 11.8. The van der Waals surface area contributed by atoms with Gasteiger partial charge in [-0.05, 0) is 72.0 Å². The first-order valence-corrected chi connectivity index (χ1v) is 19.1. The van der Waals surface area contributed by atoms with Crippen LogP contribution in [0, 0.1) is 0 Å². The van der Waals surface area contributed by atoms with Gasteiger partial charge in [0.25, 0.3) is 0 Å². The summed E-state index contributed by atoms with van der Waals surface area (Å²) in [4.78, 5) is 0. The van der Waals surface area contributed by atoms with E-state index in [2.05, 4.69) is 176 Å². The van der Waals surface area contributed by atoms with E-state index < -0.39 is 5.41 Å². The van der Waals surface area contributed by atoms with Crippen LogP contribution in [-0.4, -0.2) is 10.2 Å². The van der Waals surface area contributed by atoms with Gasteiger partial charge in [-0.1, -0.05) is 212 Å². The van der Waals surface area contributed by atoms with E-state index in [9.17, 15) is 10.2 Å². The minimum absolute atomic E-state index is 0.0257. The summed E-state index contributed by atoms with van der Waals surface area (Å²) in [5.74, 6) is 0.0257. The summed E-state index contributed by atoms with van der Waals surface area (Å²) in [6, 6.07) is 74.2. The quantitative estimate of drug-likeness (QED) is 0.168. The average Bonchev–Trinajstić information content (AvgIpc) is 3.56. The lowest BCUT2D eigenvalue weighted by Gasteiger charge is -2.33. The first-order valence-electron chi connectivity index (χ1n) is 19.1. The molecule has 0 fully saturated rings. The lowest BCUT2D eigenvalue weighted by Crippen LogP contribution is -2.28. The summed E-state index contributed by atoms with van der Waals surface area (Å²) in [5.41, 5.74) is 11.2. The van der Waals surface area contributed by atoms with Gasteiger partial charge in [0.15, 0.2) is 0 Å². The third-order valence-corrected chi connectivity index (χ3v) is 11.4. The molecule has 0 heterocycles. The van der Waals surface area contributed by atoms with E-state index in [-0.39, 0.29) is 5.92 Å². The zero-order valence-corrected chi connectivity index (χ0v) is 30.8. The van der Waals surface area contributed by atoms with Crippen molar-refractivity contribution in [1.82, 2.24) is 0 Å². The van der Waals surface area contributed by atoms with E-state index in [0.717, 1.165) is 44.5 Å². The van der Waals surface area contributed by atoms with E-state index in [0.29, 0.717) is 10.4 Å². The Hall–Kier alpha value is -7.16. The van der Waals surface area contributed by atoms with Crippen molar-refractivity contribution in [2.75, 3.05) is 0 Å². The Bertz CT molecular complexity index is 2820. The number of aliphatic hydroxyl groups excluding tert-OH is 2. The normalized spacial score (nSPS) is 13.8. The number of fused-ring (bicyclic) bond motifs is 4. The van der Waals surface area contributed by atoms with Gasteiger partial charge < -0.3 is 10.2 Å². The van der Waals surface area contributed by atoms with Crippen molar-refractivity contribution in [2.45, 2.75) is 11.3 Å². The Labute approximate surface area is 327 Å². The molecule has 0 saturated carbocycles. The van der Waals surface area contributed by atoms with Crippen molar-refractivity contribution >= 4 is 23.3 Å². The summed E-state index contributed by atoms with van der Waals surface area (Å²) >= 11 is 0. The van der Waals surface area contributed by atoms with Crippen molar-refractivity contribution in [1.29, 1.82) is 0 Å². The fourth-order valence-corrected chi connectivity index (χ4v) is 8.92. The molecule has 0 radical (unpaired) electrons. The molecule has 56 heavy (non-hydrogen) atoms. The lowest BCUT2D eigenvalue weighted by atomic mass is 9.68. The van der Waals surface area contributed by atoms with Crippen LogP contribution >= 0.6 is 0 Å². The molecule has 9 rings (SSSR count). The minimum Gasteiger partial charge on any atom is -0.515 e. The van der Waals surface area contributed by atoms with Gasteiger partial charge in [-0.2, -0.15) is 0 Å². The monoisotopic (exact) mass is 720 g/mol. The van der Waals surface area contributed by atoms with Crippen LogP contribution in [0.3, 0.4) is 0 Å². The number of hydrogen-bond donors (Lipinski definition) is 2. The molecule has 1 atom stereocenters. The fourth-order valence-electron chi connectivity index (χ4n) is 8.92. The molecule has 1 aliphatic rings. The fraction of sp³-hybridized carbons (Fsp3) is 0.0370. The van der Waals surface area contributed by atoms with Gasteiger partial charge in [0.1, 0.15) is 0 Å². The molecule has 0 aromatic heterocycles. The van der Waals surface area contributed by atoms with Gasteiger partial charge in [-0.25, -0.2) is 0 Å². The van der Waals surface area contributed by atoms with Gasteiger partial charge >= 0.3 is 0 Å². The Kier molecular flexibility index (Phi) is 9.23. The van der Waals surface area contributed by atoms with Crippen LogP contribution in [0.15, 0.2) is 212 Å². The maximum atomic E-state index is 11.0. The molecule has 2 nitrogen and oxygen atoms in total. The van der Waals surface area contributed by atoms with Gasteiger partial charge in [0, 0.05) is 16.4 Å². The molecule has 0 saturated heterocycles. The standard InChI is InChI=1S/C54H40O2/c55-36-42-34-35-51-53(49-26-12-13-29-50(49)54(51,44-21-6-2-7-22-44)45-23-8-3-9-24-45)43(37-56)20-15-27-46(42)39-30-32-41(33-31-39)52(40-17-4-1-5-18-40)48-28-14-19-38-16-10-11-25-47(38)48/h1-37,52,55-56H/b20-15?,35-34?,42-36-,43-37-,46-27?. The van der Waals surface area contributed by atoms with Crippen LogP contribution in [-0.2, 0) is 5.41 Å². The van der Waals surface area contributed by atoms with Crippen molar-refractivity contribution in [3.05, 3.63) is 262 Å². The molecule has 1 aliphatic carbocycles. The summed E-state index contributed by atoms with van der Waals surface area (Å²) in [6.45, 7) is 0. The van der Waals surface area contributed by atoms with Crippen LogP contribution in [0.4, 0.5) is 0 Å². The van der Waals surface area contributed by atoms with E-state index in [1.54, 1.807) is 0 Å². The summed E-state index contributed by atoms with van der Waals surface area (Å²) < 4.78 is 0. The molecular formula is C54H40O2. The smallest absolute Gasteiger partial charge is 0.0870 e. The molecule has 0 spiro atoms. The molecule has 2 heteroatoms. The van der Waals surface area contributed by atoms with E-state index in [4.69, 9.17) is 0 Å². The molecule has 8 aromatic carbocycles. The molecule has 0 amide bonds. The number of hydrogen-bond acceptors (Lipinski definition) is 2. The third-order valence-electron chi connectivity index (χ3n) is 11.4. The largest absolute Gasteiger partial charge is 0.515 e. The summed E-state index contributed by atoms with van der Waals surface area (Å²) in [7, 11) is 0. The third kappa shape index (κ3) is 5.84. The van der Waals surface area contributed by atoms with Gasteiger partial charge in [-0.3, -0.25) is 0 Å². The van der Waals surface area contributed by atoms with Crippen molar-refractivity contribution in [3.8, 4) is 22.3 Å². The maximum absolute atomic E-state index is 11.0. The first kappa shape index (κ1) is 34.6. The molecule has 268 valence electrons. The highest BCUT2D eigenvalue weighted by Crippen LogP contribution is 2.54. The summed E-state index contributed by atoms with van der Waals surface area (Å²) in [5, 5.41) is 25.7. The van der Waals surface area contributed by atoms with E-state index >= 15 is 0 Å². The van der Waals surface area contributed by atoms with Crippen molar-refractivity contribution in [3.63, 3.8) is 0 Å². The molecule has 8 aromatic rings. The molecule has 0 bridgehead atoms. The minimum atomic E-state index is -0.688. The molecule has 1 unspecified atom stereocenters. The van der Waals surface area contributed by atoms with Gasteiger partial charge in [-0.15, -0.1) is 0 Å². The Morgan fingerprint density at radius 2 is 0.946 bits per heavy atom. The second-order valence-electron chi connectivity index (χ2n) is 14.3. The zero-order chi connectivity index (χ0) is 37.9. The Morgan fingerprint density at radius 1 is 0.393 bits per heavy atom. The highest BCUT2D eigenvalue weighted by Gasteiger charge is 2.45. The van der Waals surface area contributed by atoms with Crippen LogP contribution < -0.4 is 10.4 Å². The molecule has 2 N–H and O–H groups in total. The van der Waals surface area contributed by atoms with Crippen molar-refractivity contribution in [2.24, 2.45) is 0 Å². The highest BCUT2D eigenvalue weighted by atomic mass is 16.2. The topological polar surface area (TPSA) is 40.5 Å². The SMILES string of the molecule is O/C=c1/ccc2c(/c(=C\O)cccc1-c1ccc(C(c3ccccc3)c3cccc4ccccc34)cc1)-c1ccccc1C2(c1ccccc1)c1ccccc1.